The highest BCUT2D eigenvalue weighted by molar-refractivity contribution is 5.93. The minimum atomic E-state index is -0.499. The second-order valence-electron chi connectivity index (χ2n) is 4.27. The van der Waals surface area contributed by atoms with Crippen LogP contribution in [0, 0.1) is 0 Å². The van der Waals surface area contributed by atoms with Crippen molar-refractivity contribution in [3.05, 3.63) is 59.8 Å². The van der Waals surface area contributed by atoms with Gasteiger partial charge in [-0.3, -0.25) is 0 Å². The lowest BCUT2D eigenvalue weighted by Crippen LogP contribution is -2.12. The van der Waals surface area contributed by atoms with E-state index in [2.05, 4.69) is 5.32 Å². The standard InChI is InChI=1S/C17H21NO4/c1-3-21-16(19)11-10-15(17(20)22-4-2)13-18-12-14-8-6-5-7-9-14/h5-11,13,18H,3-4,12H2,1-2H3/b11-10+,15-13-. The molecular weight excluding hydrogens is 282 g/mol. The summed E-state index contributed by atoms with van der Waals surface area (Å²) in [5.41, 5.74) is 1.34. The van der Waals surface area contributed by atoms with Gasteiger partial charge in [0.05, 0.1) is 18.8 Å². The van der Waals surface area contributed by atoms with Crippen LogP contribution >= 0.6 is 0 Å². The lowest BCUT2D eigenvalue weighted by atomic mass is 10.2. The van der Waals surface area contributed by atoms with Gasteiger partial charge in [0.1, 0.15) is 0 Å². The van der Waals surface area contributed by atoms with Crippen LogP contribution in [0.2, 0.25) is 0 Å². The monoisotopic (exact) mass is 303 g/mol. The molecule has 5 heteroatoms. The van der Waals surface area contributed by atoms with Gasteiger partial charge in [-0.1, -0.05) is 30.3 Å². The average molecular weight is 303 g/mol. The van der Waals surface area contributed by atoms with Crippen LogP contribution < -0.4 is 5.32 Å². The number of hydrogen-bond donors (Lipinski definition) is 1. The summed E-state index contributed by atoms with van der Waals surface area (Å²) in [6, 6.07) is 9.76. The molecule has 118 valence electrons. The Morgan fingerprint density at radius 2 is 1.73 bits per heavy atom. The zero-order valence-electron chi connectivity index (χ0n) is 12.9. The quantitative estimate of drug-likeness (QED) is 0.454. The molecule has 0 saturated carbocycles. The van der Waals surface area contributed by atoms with Gasteiger partial charge in [-0.15, -0.1) is 0 Å². The number of carbonyl (C=O) groups excluding carboxylic acids is 2. The summed E-state index contributed by atoms with van der Waals surface area (Å²) in [6.07, 6.45) is 4.12. The summed E-state index contributed by atoms with van der Waals surface area (Å²) in [5.74, 6) is -0.996. The zero-order valence-corrected chi connectivity index (χ0v) is 12.9. The van der Waals surface area contributed by atoms with Crippen molar-refractivity contribution in [1.82, 2.24) is 5.32 Å². The molecule has 0 radical (unpaired) electrons. The molecule has 1 rings (SSSR count). The number of hydrogen-bond acceptors (Lipinski definition) is 5. The molecule has 1 aromatic carbocycles. The molecule has 0 atom stereocenters. The summed E-state index contributed by atoms with van der Waals surface area (Å²) < 4.78 is 9.73. The maximum absolute atomic E-state index is 11.8. The molecule has 5 nitrogen and oxygen atoms in total. The summed E-state index contributed by atoms with van der Waals surface area (Å²) in [7, 11) is 0. The van der Waals surface area contributed by atoms with Crippen molar-refractivity contribution in [2.75, 3.05) is 13.2 Å². The van der Waals surface area contributed by atoms with Crippen molar-refractivity contribution in [1.29, 1.82) is 0 Å². The lowest BCUT2D eigenvalue weighted by molar-refractivity contribution is -0.138. The van der Waals surface area contributed by atoms with E-state index in [-0.39, 0.29) is 18.8 Å². The van der Waals surface area contributed by atoms with Crippen molar-refractivity contribution in [2.24, 2.45) is 0 Å². The van der Waals surface area contributed by atoms with Gasteiger partial charge in [-0.2, -0.15) is 0 Å². The summed E-state index contributed by atoms with van der Waals surface area (Å²) in [5, 5.41) is 3.03. The van der Waals surface area contributed by atoms with E-state index < -0.39 is 11.9 Å². The molecule has 0 heterocycles. The van der Waals surface area contributed by atoms with Gasteiger partial charge < -0.3 is 14.8 Å². The van der Waals surface area contributed by atoms with Crippen LogP contribution in [-0.2, 0) is 25.6 Å². The van der Waals surface area contributed by atoms with Crippen LogP contribution in [0.1, 0.15) is 19.4 Å². The third-order valence-electron chi connectivity index (χ3n) is 2.60. The molecule has 22 heavy (non-hydrogen) atoms. The maximum Gasteiger partial charge on any atom is 0.339 e. The Morgan fingerprint density at radius 1 is 1.05 bits per heavy atom. The van der Waals surface area contributed by atoms with E-state index in [0.29, 0.717) is 6.54 Å². The highest BCUT2D eigenvalue weighted by Gasteiger charge is 2.08. The van der Waals surface area contributed by atoms with E-state index in [0.717, 1.165) is 5.56 Å². The van der Waals surface area contributed by atoms with Gasteiger partial charge in [-0.05, 0) is 25.5 Å². The van der Waals surface area contributed by atoms with E-state index in [4.69, 9.17) is 9.47 Å². The molecule has 0 aliphatic heterocycles. The van der Waals surface area contributed by atoms with Gasteiger partial charge in [0.2, 0.25) is 0 Å². The highest BCUT2D eigenvalue weighted by Crippen LogP contribution is 2.02. The minimum absolute atomic E-state index is 0.255. The first-order chi connectivity index (χ1) is 10.7. The van der Waals surface area contributed by atoms with E-state index in [9.17, 15) is 9.59 Å². The average Bonchev–Trinajstić information content (AvgIpc) is 2.52. The Bertz CT molecular complexity index is 535. The molecular formula is C17H21NO4. The topological polar surface area (TPSA) is 64.6 Å². The largest absolute Gasteiger partial charge is 0.463 e. The van der Waals surface area contributed by atoms with Crippen LogP contribution in [0.5, 0.6) is 0 Å². The number of esters is 2. The van der Waals surface area contributed by atoms with E-state index in [1.165, 1.54) is 18.4 Å². The summed E-state index contributed by atoms with van der Waals surface area (Å²) in [4.78, 5) is 23.1. The van der Waals surface area contributed by atoms with Gasteiger partial charge in [-0.25, -0.2) is 9.59 Å². The van der Waals surface area contributed by atoms with Crippen LogP contribution in [0.15, 0.2) is 54.3 Å². The number of rotatable bonds is 8. The zero-order chi connectivity index (χ0) is 16.2. The number of ether oxygens (including phenoxy) is 2. The van der Waals surface area contributed by atoms with Crippen molar-refractivity contribution >= 4 is 11.9 Å². The van der Waals surface area contributed by atoms with Crippen molar-refractivity contribution in [3.8, 4) is 0 Å². The third-order valence-corrected chi connectivity index (χ3v) is 2.60. The molecule has 0 aliphatic rings. The van der Waals surface area contributed by atoms with Gasteiger partial charge in [0.15, 0.2) is 0 Å². The Labute approximate surface area is 130 Å². The minimum Gasteiger partial charge on any atom is -0.463 e. The molecule has 0 spiro atoms. The Hall–Kier alpha value is -2.56. The fourth-order valence-electron chi connectivity index (χ4n) is 1.61. The Balaban J connectivity index is 2.70. The lowest BCUT2D eigenvalue weighted by Gasteiger charge is -2.05. The second kappa shape index (κ2) is 10.2. The van der Waals surface area contributed by atoms with Crippen LogP contribution in [0.4, 0.5) is 0 Å². The molecule has 0 unspecified atom stereocenters. The smallest absolute Gasteiger partial charge is 0.339 e. The first-order valence-electron chi connectivity index (χ1n) is 7.16. The van der Waals surface area contributed by atoms with Crippen LogP contribution in [0.25, 0.3) is 0 Å². The SMILES string of the molecule is CCOC(=O)/C=C/C(=C/NCc1ccccc1)C(=O)OCC. The fraction of sp³-hybridized carbons (Fsp3) is 0.294. The van der Waals surface area contributed by atoms with Gasteiger partial charge >= 0.3 is 11.9 Å². The first kappa shape index (κ1) is 17.5. The Kier molecular flexibility index (Phi) is 8.12. The van der Waals surface area contributed by atoms with Gasteiger partial charge in [0, 0.05) is 18.8 Å². The third kappa shape index (κ3) is 6.74. The van der Waals surface area contributed by atoms with Gasteiger partial charge in [0.25, 0.3) is 0 Å². The predicted octanol–water partition coefficient (Wildman–Crippen LogP) is 2.34. The number of nitrogens with one attached hydrogen (secondary N) is 1. The van der Waals surface area contributed by atoms with Crippen molar-refractivity contribution in [3.63, 3.8) is 0 Å². The molecule has 0 aliphatic carbocycles. The summed E-state index contributed by atoms with van der Waals surface area (Å²) in [6.45, 7) is 4.56. The van der Waals surface area contributed by atoms with Crippen molar-refractivity contribution < 1.29 is 19.1 Å². The van der Waals surface area contributed by atoms with Crippen LogP contribution in [0.3, 0.4) is 0 Å². The number of benzene rings is 1. The highest BCUT2D eigenvalue weighted by atomic mass is 16.5. The number of carbonyl (C=O) groups is 2. The molecule has 1 aromatic rings. The molecule has 1 N–H and O–H groups in total. The molecule has 0 amide bonds. The Morgan fingerprint density at radius 3 is 2.36 bits per heavy atom. The first-order valence-corrected chi connectivity index (χ1v) is 7.16. The summed E-state index contributed by atoms with van der Waals surface area (Å²) >= 11 is 0. The molecule has 0 fully saturated rings. The molecule has 0 saturated heterocycles. The molecule has 0 bridgehead atoms. The van der Waals surface area contributed by atoms with E-state index in [1.807, 2.05) is 30.3 Å². The predicted molar refractivity (Wildman–Crippen MR) is 83.8 cm³/mol. The second-order valence-corrected chi connectivity index (χ2v) is 4.27. The van der Waals surface area contributed by atoms with E-state index in [1.54, 1.807) is 13.8 Å². The molecule has 0 aromatic heterocycles. The van der Waals surface area contributed by atoms with Crippen LogP contribution in [-0.4, -0.2) is 25.2 Å². The van der Waals surface area contributed by atoms with E-state index >= 15 is 0 Å². The fourth-order valence-corrected chi connectivity index (χ4v) is 1.61. The normalized spacial score (nSPS) is 11.3. The van der Waals surface area contributed by atoms with Crippen molar-refractivity contribution in [2.45, 2.75) is 20.4 Å². The maximum atomic E-state index is 11.8.